The highest BCUT2D eigenvalue weighted by molar-refractivity contribution is 5.85. The van der Waals surface area contributed by atoms with Crippen LogP contribution in [0.4, 0.5) is 5.95 Å². The van der Waals surface area contributed by atoms with Gasteiger partial charge in [0.15, 0.2) is 5.65 Å². The highest BCUT2D eigenvalue weighted by Gasteiger charge is 2.22. The molecule has 0 unspecified atom stereocenters. The van der Waals surface area contributed by atoms with Crippen LogP contribution in [-0.2, 0) is 4.74 Å². The molecule has 0 radical (unpaired) electrons. The third-order valence-electron chi connectivity index (χ3n) is 7.11. The molecule has 2 aliphatic rings. The van der Waals surface area contributed by atoms with Crippen LogP contribution in [0.3, 0.4) is 0 Å². The Kier molecular flexibility index (Phi) is 5.22. The van der Waals surface area contributed by atoms with Crippen molar-refractivity contribution in [2.45, 2.75) is 63.6 Å². The second kappa shape index (κ2) is 8.39. The maximum Gasteiger partial charge on any atom is 0.241 e. The normalized spacial score (nSPS) is 22.2. The molecule has 0 spiro atoms. The summed E-state index contributed by atoms with van der Waals surface area (Å²) in [4.78, 5) is 14.0. The van der Waals surface area contributed by atoms with Crippen LogP contribution in [0.15, 0.2) is 30.7 Å². The van der Waals surface area contributed by atoms with Gasteiger partial charge < -0.3 is 20.4 Å². The standard InChI is InChI=1S/C24H30N8O/c1-15-28-23-21(32(15)19-7-10-33-11-8-19)12-16(13-26-23)20-6-9-31-22(20)14-27-24(30-31)29-18-4-2-17(25)3-5-18/h6,9,12-14,17-19H,2-5,7-8,10-11,25H2,1H3,(H,29,30)/t17-,18+. The molecule has 0 bridgehead atoms. The molecule has 172 valence electrons. The van der Waals surface area contributed by atoms with Gasteiger partial charge in [0, 0.05) is 54.9 Å². The van der Waals surface area contributed by atoms with E-state index in [0.717, 1.165) is 85.4 Å². The summed E-state index contributed by atoms with van der Waals surface area (Å²) in [6.07, 6.45) is 12.0. The molecular formula is C24H30N8O. The number of pyridine rings is 1. The van der Waals surface area contributed by atoms with Crippen LogP contribution < -0.4 is 11.1 Å². The SMILES string of the molecule is Cc1nc2ncc(-c3ccn4nc(N[C@H]5CC[C@@H](N)CC5)ncc34)cc2n1C1CCOCC1. The zero-order valence-electron chi connectivity index (χ0n) is 18.9. The second-order valence-electron chi connectivity index (χ2n) is 9.34. The Labute approximate surface area is 192 Å². The molecule has 0 amide bonds. The van der Waals surface area contributed by atoms with Crippen molar-refractivity contribution in [1.29, 1.82) is 0 Å². The van der Waals surface area contributed by atoms with Crippen LogP contribution in [-0.4, -0.2) is 54.4 Å². The number of nitrogens with two attached hydrogens (primary N) is 1. The Balaban J connectivity index is 1.31. The molecule has 1 aliphatic heterocycles. The van der Waals surface area contributed by atoms with Crippen LogP contribution in [0.1, 0.15) is 50.4 Å². The lowest BCUT2D eigenvalue weighted by molar-refractivity contribution is 0.0701. The number of aromatic nitrogens is 6. The minimum atomic E-state index is 0.330. The summed E-state index contributed by atoms with van der Waals surface area (Å²) in [7, 11) is 0. The van der Waals surface area contributed by atoms with Gasteiger partial charge in [0.2, 0.25) is 5.95 Å². The predicted molar refractivity (Wildman–Crippen MR) is 127 cm³/mol. The zero-order chi connectivity index (χ0) is 22.4. The molecule has 1 aliphatic carbocycles. The molecule has 4 aromatic heterocycles. The molecule has 0 atom stereocenters. The fourth-order valence-electron chi connectivity index (χ4n) is 5.30. The molecule has 0 aromatic carbocycles. The molecule has 33 heavy (non-hydrogen) atoms. The summed E-state index contributed by atoms with van der Waals surface area (Å²) in [5.74, 6) is 1.66. The van der Waals surface area contributed by atoms with Gasteiger partial charge in [-0.25, -0.2) is 19.5 Å². The average Bonchev–Trinajstić information content (AvgIpc) is 3.40. The molecule has 1 saturated carbocycles. The van der Waals surface area contributed by atoms with Gasteiger partial charge in [-0.2, -0.15) is 0 Å². The van der Waals surface area contributed by atoms with E-state index in [0.29, 0.717) is 24.1 Å². The van der Waals surface area contributed by atoms with E-state index in [9.17, 15) is 0 Å². The van der Waals surface area contributed by atoms with Crippen molar-refractivity contribution >= 4 is 22.6 Å². The van der Waals surface area contributed by atoms with Crippen LogP contribution >= 0.6 is 0 Å². The van der Waals surface area contributed by atoms with Gasteiger partial charge in [-0.1, -0.05) is 0 Å². The van der Waals surface area contributed by atoms with Crippen LogP contribution in [0, 0.1) is 6.92 Å². The average molecular weight is 447 g/mol. The molecule has 5 heterocycles. The van der Waals surface area contributed by atoms with Crippen molar-refractivity contribution in [2.75, 3.05) is 18.5 Å². The fraction of sp³-hybridized carbons (Fsp3) is 0.500. The molecule has 9 nitrogen and oxygen atoms in total. The van der Waals surface area contributed by atoms with Gasteiger partial charge >= 0.3 is 0 Å². The molecule has 4 aromatic rings. The van der Waals surface area contributed by atoms with Crippen molar-refractivity contribution in [1.82, 2.24) is 29.1 Å². The topological polar surface area (TPSA) is 108 Å². The number of imidazole rings is 1. The summed E-state index contributed by atoms with van der Waals surface area (Å²) in [5.41, 5.74) is 11.0. The lowest BCUT2D eigenvalue weighted by Gasteiger charge is -2.26. The summed E-state index contributed by atoms with van der Waals surface area (Å²) in [6.45, 7) is 3.65. The summed E-state index contributed by atoms with van der Waals surface area (Å²) < 4.78 is 9.79. The molecule has 6 rings (SSSR count). The number of hydrogen-bond donors (Lipinski definition) is 2. The molecule has 1 saturated heterocycles. The minimum absolute atomic E-state index is 0.330. The maximum absolute atomic E-state index is 6.03. The number of hydrogen-bond acceptors (Lipinski definition) is 7. The first kappa shape index (κ1) is 20.6. The molecular weight excluding hydrogens is 416 g/mol. The molecule has 9 heteroatoms. The molecule has 2 fully saturated rings. The van der Waals surface area contributed by atoms with Crippen LogP contribution in [0.25, 0.3) is 27.8 Å². The first-order valence-corrected chi connectivity index (χ1v) is 11.9. The number of nitrogens with zero attached hydrogens (tertiary/aromatic N) is 6. The van der Waals surface area contributed by atoms with Gasteiger partial charge in [0.05, 0.1) is 17.2 Å². The van der Waals surface area contributed by atoms with E-state index in [1.807, 2.05) is 23.1 Å². The van der Waals surface area contributed by atoms with Crippen LogP contribution in [0.2, 0.25) is 0 Å². The van der Waals surface area contributed by atoms with E-state index in [-0.39, 0.29) is 0 Å². The van der Waals surface area contributed by atoms with Gasteiger partial charge in [-0.3, -0.25) is 0 Å². The monoisotopic (exact) mass is 446 g/mol. The Morgan fingerprint density at radius 1 is 1.03 bits per heavy atom. The van der Waals surface area contributed by atoms with E-state index in [1.54, 1.807) is 0 Å². The highest BCUT2D eigenvalue weighted by Crippen LogP contribution is 2.31. The summed E-state index contributed by atoms with van der Waals surface area (Å²) >= 11 is 0. The number of rotatable bonds is 4. The van der Waals surface area contributed by atoms with Gasteiger partial charge in [-0.15, -0.1) is 5.10 Å². The van der Waals surface area contributed by atoms with Crippen molar-refractivity contribution in [2.24, 2.45) is 5.73 Å². The minimum Gasteiger partial charge on any atom is -0.381 e. The van der Waals surface area contributed by atoms with Crippen molar-refractivity contribution in [3.05, 3.63) is 36.5 Å². The number of fused-ring (bicyclic) bond motifs is 2. The quantitative estimate of drug-likeness (QED) is 0.494. The Morgan fingerprint density at radius 2 is 1.85 bits per heavy atom. The third kappa shape index (κ3) is 3.85. The van der Waals surface area contributed by atoms with Crippen molar-refractivity contribution in [3.63, 3.8) is 0 Å². The van der Waals surface area contributed by atoms with Crippen molar-refractivity contribution < 1.29 is 4.74 Å². The van der Waals surface area contributed by atoms with E-state index in [2.05, 4.69) is 38.9 Å². The largest absolute Gasteiger partial charge is 0.381 e. The third-order valence-corrected chi connectivity index (χ3v) is 7.11. The zero-order valence-corrected chi connectivity index (χ0v) is 18.9. The first-order valence-electron chi connectivity index (χ1n) is 11.9. The summed E-state index contributed by atoms with van der Waals surface area (Å²) in [6, 6.07) is 5.40. The number of ether oxygens (including phenoxy) is 1. The van der Waals surface area contributed by atoms with Crippen LogP contribution in [0.5, 0.6) is 0 Å². The molecule has 3 N–H and O–H groups in total. The van der Waals surface area contributed by atoms with Gasteiger partial charge in [-0.05, 0) is 57.6 Å². The maximum atomic E-state index is 6.03. The second-order valence-corrected chi connectivity index (χ2v) is 9.34. The fourth-order valence-corrected chi connectivity index (χ4v) is 5.30. The van der Waals surface area contributed by atoms with E-state index in [1.165, 1.54) is 0 Å². The smallest absolute Gasteiger partial charge is 0.241 e. The van der Waals surface area contributed by atoms with E-state index in [4.69, 9.17) is 20.6 Å². The number of nitrogens with one attached hydrogen (secondary N) is 1. The van der Waals surface area contributed by atoms with E-state index < -0.39 is 0 Å². The Morgan fingerprint density at radius 3 is 2.67 bits per heavy atom. The predicted octanol–water partition coefficient (Wildman–Crippen LogP) is 3.48. The highest BCUT2D eigenvalue weighted by atomic mass is 16.5. The van der Waals surface area contributed by atoms with Crippen molar-refractivity contribution in [3.8, 4) is 11.1 Å². The lowest BCUT2D eigenvalue weighted by atomic mass is 9.92. The van der Waals surface area contributed by atoms with Gasteiger partial charge in [0.25, 0.3) is 0 Å². The Hall–Kier alpha value is -3.04. The van der Waals surface area contributed by atoms with E-state index >= 15 is 0 Å². The first-order chi connectivity index (χ1) is 16.2. The summed E-state index contributed by atoms with van der Waals surface area (Å²) in [5, 5.41) is 8.18. The Bertz CT molecular complexity index is 1280. The number of anilines is 1. The van der Waals surface area contributed by atoms with Gasteiger partial charge in [0.1, 0.15) is 5.82 Å². The lowest BCUT2D eigenvalue weighted by Crippen LogP contribution is -2.33. The number of aryl methyl sites for hydroxylation is 1.